The van der Waals surface area contributed by atoms with Gasteiger partial charge in [-0.2, -0.15) is 5.26 Å². The third kappa shape index (κ3) is 4.91. The van der Waals surface area contributed by atoms with Crippen LogP contribution in [-0.4, -0.2) is 37.4 Å². The summed E-state index contributed by atoms with van der Waals surface area (Å²) in [7, 11) is 1.64. The summed E-state index contributed by atoms with van der Waals surface area (Å²) in [5, 5.41) is 8.90. The van der Waals surface area contributed by atoms with Crippen molar-refractivity contribution in [2.45, 2.75) is 46.0 Å². The molecule has 4 rings (SSSR count). The number of ether oxygens (including phenoxy) is 1. The lowest BCUT2D eigenvalue weighted by Gasteiger charge is -2.44. The van der Waals surface area contributed by atoms with Gasteiger partial charge in [0.1, 0.15) is 5.75 Å². The first kappa shape index (κ1) is 22.1. The van der Waals surface area contributed by atoms with Gasteiger partial charge in [-0.15, -0.1) is 0 Å². The minimum absolute atomic E-state index is 0.129. The fourth-order valence-electron chi connectivity index (χ4n) is 4.64. The molecule has 0 bridgehead atoms. The van der Waals surface area contributed by atoms with Crippen LogP contribution < -0.4 is 4.74 Å². The number of hydrogen-bond acceptors (Lipinski definition) is 4. The Morgan fingerprint density at radius 1 is 1.07 bits per heavy atom. The minimum Gasteiger partial charge on any atom is -0.497 e. The van der Waals surface area contributed by atoms with Crippen LogP contribution in [-0.2, 0) is 12.8 Å². The third-order valence-corrected chi connectivity index (χ3v) is 6.43. The van der Waals surface area contributed by atoms with E-state index in [1.54, 1.807) is 7.11 Å². The zero-order chi connectivity index (χ0) is 21.6. The predicted octanol–water partition coefficient (Wildman–Crippen LogP) is 5.05. The summed E-state index contributed by atoms with van der Waals surface area (Å²) in [6.45, 7) is 7.13. The average molecular weight is 405 g/mol. The topological polar surface area (TPSA) is 53.3 Å². The van der Waals surface area contributed by atoms with Gasteiger partial charge in [-0.25, -0.2) is 0 Å². The Hall–Kier alpha value is -2.64. The first-order valence-electron chi connectivity index (χ1n) is 11.0. The van der Waals surface area contributed by atoms with Crippen LogP contribution in [0.5, 0.6) is 5.75 Å². The van der Waals surface area contributed by atoms with E-state index >= 15 is 0 Å². The molecule has 0 radical (unpaired) electrons. The van der Waals surface area contributed by atoms with Gasteiger partial charge in [0.2, 0.25) is 0 Å². The predicted molar refractivity (Wildman–Crippen MR) is 120 cm³/mol. The molecule has 158 valence electrons. The second kappa shape index (κ2) is 9.91. The lowest BCUT2D eigenvalue weighted by molar-refractivity contribution is 0.0680. The second-order valence-corrected chi connectivity index (χ2v) is 8.20. The number of rotatable bonds is 4. The van der Waals surface area contributed by atoms with Crippen molar-refractivity contribution in [3.8, 4) is 11.8 Å². The Balaban J connectivity index is 0.00000124. The first-order valence-corrected chi connectivity index (χ1v) is 11.0. The van der Waals surface area contributed by atoms with Gasteiger partial charge < -0.3 is 9.64 Å². The van der Waals surface area contributed by atoms with Crippen LogP contribution in [0.4, 0.5) is 0 Å². The van der Waals surface area contributed by atoms with Gasteiger partial charge in [-0.1, -0.05) is 32.0 Å². The smallest absolute Gasteiger partial charge is 0.163 e. The van der Waals surface area contributed by atoms with Gasteiger partial charge >= 0.3 is 0 Å². The number of likely N-dealkylation sites (tertiary alicyclic amines) is 1. The molecule has 0 N–H and O–H groups in total. The Morgan fingerprint density at radius 3 is 2.40 bits per heavy atom. The standard InChI is InChI=1S/C24H26N2O2.C2H6/c1-28-21-7-6-20-15-24(16-23(27)22(20)14-21)9-12-26(13-10-24)11-8-18-2-4-19(17-25)5-3-18;1-2/h2-7,14H,8-13,15-16H2,1H3;1-2H3. The third-order valence-electron chi connectivity index (χ3n) is 6.43. The molecule has 1 aliphatic carbocycles. The first-order chi connectivity index (χ1) is 14.6. The van der Waals surface area contributed by atoms with Crippen molar-refractivity contribution in [3.63, 3.8) is 0 Å². The lowest BCUT2D eigenvalue weighted by Crippen LogP contribution is -2.44. The van der Waals surface area contributed by atoms with E-state index in [-0.39, 0.29) is 11.2 Å². The largest absolute Gasteiger partial charge is 0.497 e. The Kier molecular flexibility index (Phi) is 7.29. The van der Waals surface area contributed by atoms with Crippen LogP contribution in [0.15, 0.2) is 42.5 Å². The lowest BCUT2D eigenvalue weighted by atomic mass is 9.66. The van der Waals surface area contributed by atoms with Crippen LogP contribution in [0.1, 0.15) is 60.2 Å². The molecule has 1 spiro atoms. The molecule has 0 saturated carbocycles. The molecule has 1 aliphatic heterocycles. The molecule has 2 aliphatic rings. The van der Waals surface area contributed by atoms with Gasteiger partial charge in [0.25, 0.3) is 0 Å². The summed E-state index contributed by atoms with van der Waals surface area (Å²) in [5.41, 5.74) is 4.15. The molecular weight excluding hydrogens is 372 g/mol. The molecule has 30 heavy (non-hydrogen) atoms. The average Bonchev–Trinajstić information content (AvgIpc) is 2.80. The van der Waals surface area contributed by atoms with Crippen molar-refractivity contribution in [2.75, 3.05) is 26.7 Å². The van der Waals surface area contributed by atoms with Crippen LogP contribution in [0, 0.1) is 16.7 Å². The number of nitriles is 1. The Labute approximate surface area is 180 Å². The molecular formula is C26H32N2O2. The van der Waals surface area contributed by atoms with Crippen molar-refractivity contribution in [1.82, 2.24) is 4.90 Å². The van der Waals surface area contributed by atoms with Crippen molar-refractivity contribution in [1.29, 1.82) is 5.26 Å². The number of methoxy groups -OCH3 is 1. The number of fused-ring (bicyclic) bond motifs is 1. The molecule has 4 nitrogen and oxygen atoms in total. The molecule has 2 aromatic rings. The number of carbonyl (C=O) groups is 1. The van der Waals surface area contributed by atoms with Crippen molar-refractivity contribution >= 4 is 5.78 Å². The maximum Gasteiger partial charge on any atom is 0.163 e. The van der Waals surface area contributed by atoms with E-state index in [4.69, 9.17) is 10.00 Å². The molecule has 1 fully saturated rings. The van der Waals surface area contributed by atoms with Gasteiger partial charge in [-0.05, 0) is 79.6 Å². The fraction of sp³-hybridized carbons (Fsp3) is 0.462. The summed E-state index contributed by atoms with van der Waals surface area (Å²) in [6, 6.07) is 16.0. The number of carbonyl (C=O) groups excluding carboxylic acids is 1. The van der Waals surface area contributed by atoms with E-state index in [0.717, 1.165) is 56.6 Å². The molecule has 0 unspecified atom stereocenters. The highest BCUT2D eigenvalue weighted by atomic mass is 16.5. The second-order valence-electron chi connectivity index (χ2n) is 8.20. The van der Waals surface area contributed by atoms with Gasteiger partial charge in [0, 0.05) is 18.5 Å². The van der Waals surface area contributed by atoms with E-state index in [1.807, 2.05) is 38.1 Å². The maximum absolute atomic E-state index is 12.8. The number of ketones is 1. The zero-order valence-electron chi connectivity index (χ0n) is 18.4. The van der Waals surface area contributed by atoms with E-state index in [9.17, 15) is 4.79 Å². The van der Waals surface area contributed by atoms with E-state index < -0.39 is 0 Å². The Bertz CT molecular complexity index is 904. The number of hydrogen-bond donors (Lipinski definition) is 0. The summed E-state index contributed by atoms with van der Waals surface area (Å²) in [6.07, 6.45) is 4.83. The number of Topliss-reactive ketones (excluding diaryl/α,β-unsaturated/α-hetero) is 1. The van der Waals surface area contributed by atoms with Crippen molar-refractivity contribution < 1.29 is 9.53 Å². The number of piperidine rings is 1. The minimum atomic E-state index is 0.129. The molecule has 0 atom stereocenters. The SMILES string of the molecule is CC.COc1ccc2c(c1)C(=O)CC1(CCN(CCc3ccc(C#N)cc3)CC1)C2. The van der Waals surface area contributed by atoms with Crippen molar-refractivity contribution in [2.24, 2.45) is 5.41 Å². The van der Waals surface area contributed by atoms with Gasteiger partial charge in [-0.3, -0.25) is 4.79 Å². The normalized spacial score (nSPS) is 17.5. The molecule has 4 heteroatoms. The quantitative estimate of drug-likeness (QED) is 0.716. The highest BCUT2D eigenvalue weighted by molar-refractivity contribution is 5.99. The maximum atomic E-state index is 12.8. The highest BCUT2D eigenvalue weighted by Crippen LogP contribution is 2.44. The summed E-state index contributed by atoms with van der Waals surface area (Å²) in [5.74, 6) is 1.03. The molecule has 2 aromatic carbocycles. The number of benzene rings is 2. The fourth-order valence-corrected chi connectivity index (χ4v) is 4.64. The monoisotopic (exact) mass is 404 g/mol. The van der Waals surface area contributed by atoms with Gasteiger partial charge in [0.05, 0.1) is 18.7 Å². The molecule has 1 heterocycles. The van der Waals surface area contributed by atoms with Crippen LogP contribution in [0.2, 0.25) is 0 Å². The van der Waals surface area contributed by atoms with Crippen LogP contribution >= 0.6 is 0 Å². The summed E-state index contributed by atoms with van der Waals surface area (Å²) < 4.78 is 5.28. The Morgan fingerprint density at radius 2 is 1.77 bits per heavy atom. The molecule has 0 amide bonds. The zero-order valence-corrected chi connectivity index (χ0v) is 18.4. The van der Waals surface area contributed by atoms with Crippen LogP contribution in [0.25, 0.3) is 0 Å². The van der Waals surface area contributed by atoms with Crippen LogP contribution in [0.3, 0.4) is 0 Å². The summed E-state index contributed by atoms with van der Waals surface area (Å²) in [4.78, 5) is 15.3. The van der Waals surface area contributed by atoms with E-state index in [0.29, 0.717) is 12.0 Å². The molecule has 1 saturated heterocycles. The molecule has 0 aromatic heterocycles. The summed E-state index contributed by atoms with van der Waals surface area (Å²) >= 11 is 0. The van der Waals surface area contributed by atoms with Gasteiger partial charge in [0.15, 0.2) is 5.78 Å². The van der Waals surface area contributed by atoms with E-state index in [2.05, 4.69) is 29.2 Å². The van der Waals surface area contributed by atoms with E-state index in [1.165, 1.54) is 11.1 Å². The number of nitrogens with zero attached hydrogens (tertiary/aromatic N) is 2. The highest BCUT2D eigenvalue weighted by Gasteiger charge is 2.40. The van der Waals surface area contributed by atoms with Crippen molar-refractivity contribution in [3.05, 3.63) is 64.7 Å².